The molecule has 0 saturated heterocycles. The van der Waals surface area contributed by atoms with Crippen molar-refractivity contribution in [2.24, 2.45) is 0 Å². The highest BCUT2D eigenvalue weighted by Crippen LogP contribution is 2.31. The van der Waals surface area contributed by atoms with Crippen molar-refractivity contribution in [3.63, 3.8) is 0 Å². The van der Waals surface area contributed by atoms with E-state index < -0.39 is 43.5 Å². The molecule has 0 atom stereocenters. The first kappa shape index (κ1) is 15.8. The van der Waals surface area contributed by atoms with Crippen molar-refractivity contribution >= 4 is 18.7 Å². The number of hydrogen-bond donors (Lipinski definition) is 1. The molecule has 0 rings (SSSR count). The van der Waals surface area contributed by atoms with Gasteiger partial charge in [-0.2, -0.15) is 8.42 Å². The molecule has 98 valence electrons. The van der Waals surface area contributed by atoms with E-state index in [1.165, 1.54) is 13.1 Å². The van der Waals surface area contributed by atoms with Crippen LogP contribution in [-0.4, -0.2) is 33.6 Å². The lowest BCUT2D eigenvalue weighted by molar-refractivity contribution is -0.130. The molecule has 1 N–H and O–H groups in total. The Hall–Kier alpha value is -0.193. The maximum absolute atomic E-state index is 12.5. The molecule has 0 aromatic rings. The second-order valence-corrected chi connectivity index (χ2v) is 9.37. The summed E-state index contributed by atoms with van der Waals surface area (Å²) in [6, 6.07) is -0.510. The molecule has 0 spiro atoms. The maximum atomic E-state index is 12.5. The SMILES string of the molecule is C[Si](C)(CCC(F)(F)C(F)F)OS(=O)(=O)O. The number of rotatable bonds is 6. The van der Waals surface area contributed by atoms with Crippen molar-refractivity contribution in [2.45, 2.75) is 37.9 Å². The summed E-state index contributed by atoms with van der Waals surface area (Å²) >= 11 is 0. The lowest BCUT2D eigenvalue weighted by Gasteiger charge is -2.22. The van der Waals surface area contributed by atoms with E-state index in [0.29, 0.717) is 0 Å². The van der Waals surface area contributed by atoms with Crippen LogP contribution in [0.15, 0.2) is 0 Å². The summed E-state index contributed by atoms with van der Waals surface area (Å²) < 4.78 is 81.8. The highest BCUT2D eigenvalue weighted by Gasteiger charge is 2.43. The Morgan fingerprint density at radius 2 is 1.81 bits per heavy atom. The van der Waals surface area contributed by atoms with Crippen molar-refractivity contribution < 1.29 is 34.4 Å². The van der Waals surface area contributed by atoms with E-state index in [2.05, 4.69) is 3.87 Å². The fourth-order valence-electron chi connectivity index (χ4n) is 0.904. The third kappa shape index (κ3) is 6.40. The predicted molar refractivity (Wildman–Crippen MR) is 50.5 cm³/mol. The molecule has 4 nitrogen and oxygen atoms in total. The van der Waals surface area contributed by atoms with Crippen LogP contribution in [0, 0.1) is 0 Å². The van der Waals surface area contributed by atoms with Gasteiger partial charge >= 0.3 is 22.7 Å². The molecule has 0 unspecified atom stereocenters. The first-order chi connectivity index (χ1) is 6.86. The zero-order valence-electron chi connectivity index (χ0n) is 8.58. The van der Waals surface area contributed by atoms with Gasteiger partial charge in [0, 0.05) is 6.42 Å². The van der Waals surface area contributed by atoms with Gasteiger partial charge in [-0.3, -0.25) is 8.42 Å². The van der Waals surface area contributed by atoms with E-state index in [1.807, 2.05) is 0 Å². The first-order valence-electron chi connectivity index (χ1n) is 4.20. The standard InChI is InChI=1S/C6H12F4O4SSi/c1-16(2,14-15(11,12)13)4-3-6(9,10)5(7)8/h5H,3-4H2,1-2H3,(H,11,12,13). The lowest BCUT2D eigenvalue weighted by atomic mass is 10.3. The molecule has 0 saturated carbocycles. The molecule has 0 bridgehead atoms. The third-order valence-corrected chi connectivity index (χ3v) is 5.81. The summed E-state index contributed by atoms with van der Waals surface area (Å²) in [5.74, 6) is -4.17. The maximum Gasteiger partial charge on any atom is 0.387 e. The van der Waals surface area contributed by atoms with Crippen molar-refractivity contribution in [1.82, 2.24) is 0 Å². The van der Waals surface area contributed by atoms with Crippen LogP contribution in [0.2, 0.25) is 19.1 Å². The third-order valence-electron chi connectivity index (χ3n) is 1.71. The van der Waals surface area contributed by atoms with Gasteiger partial charge in [0.05, 0.1) is 0 Å². The van der Waals surface area contributed by atoms with Gasteiger partial charge < -0.3 is 0 Å². The molecule has 0 radical (unpaired) electrons. The largest absolute Gasteiger partial charge is 0.387 e. The molecular formula is C6H12F4O4SSi. The summed E-state index contributed by atoms with van der Waals surface area (Å²) in [5, 5.41) is 0. The fourth-order valence-corrected chi connectivity index (χ4v) is 4.45. The van der Waals surface area contributed by atoms with E-state index in [-0.39, 0.29) is 0 Å². The van der Waals surface area contributed by atoms with Gasteiger partial charge in [-0.1, -0.05) is 0 Å². The summed E-state index contributed by atoms with van der Waals surface area (Å²) in [5.41, 5.74) is 0. The highest BCUT2D eigenvalue weighted by atomic mass is 32.3. The van der Waals surface area contributed by atoms with E-state index in [4.69, 9.17) is 4.55 Å². The molecular weight excluding hydrogens is 272 g/mol. The molecule has 10 heteroatoms. The monoisotopic (exact) mass is 284 g/mol. The fraction of sp³-hybridized carbons (Fsp3) is 1.00. The van der Waals surface area contributed by atoms with Crippen molar-refractivity contribution in [3.8, 4) is 0 Å². The van der Waals surface area contributed by atoms with Gasteiger partial charge in [0.15, 0.2) is 0 Å². The Morgan fingerprint density at radius 1 is 1.38 bits per heavy atom. The van der Waals surface area contributed by atoms with Crippen molar-refractivity contribution in [1.29, 1.82) is 0 Å². The van der Waals surface area contributed by atoms with Crippen LogP contribution in [0.5, 0.6) is 0 Å². The smallest absolute Gasteiger partial charge is 0.294 e. The molecule has 0 aromatic heterocycles. The van der Waals surface area contributed by atoms with Crippen LogP contribution in [0.3, 0.4) is 0 Å². The highest BCUT2D eigenvalue weighted by molar-refractivity contribution is 7.82. The van der Waals surface area contributed by atoms with Crippen LogP contribution in [0.1, 0.15) is 6.42 Å². The van der Waals surface area contributed by atoms with Gasteiger partial charge in [0.25, 0.3) is 0 Å². The molecule has 0 aliphatic heterocycles. The van der Waals surface area contributed by atoms with Crippen LogP contribution >= 0.6 is 0 Å². The minimum absolute atomic E-state index is 0.510. The Balaban J connectivity index is 4.40. The first-order valence-corrected chi connectivity index (χ1v) is 8.68. The zero-order valence-corrected chi connectivity index (χ0v) is 10.4. The van der Waals surface area contributed by atoms with Crippen LogP contribution in [-0.2, 0) is 14.3 Å². The second kappa shape index (κ2) is 4.98. The average Bonchev–Trinajstić information content (AvgIpc) is 1.96. The molecule has 0 aliphatic carbocycles. The summed E-state index contributed by atoms with van der Waals surface area (Å²) in [7, 11) is -7.89. The van der Waals surface area contributed by atoms with Crippen LogP contribution < -0.4 is 0 Å². The molecule has 0 heterocycles. The molecule has 16 heavy (non-hydrogen) atoms. The van der Waals surface area contributed by atoms with Gasteiger partial charge in [0.1, 0.15) is 0 Å². The van der Waals surface area contributed by atoms with E-state index >= 15 is 0 Å². The average molecular weight is 284 g/mol. The van der Waals surface area contributed by atoms with Crippen LogP contribution in [0.4, 0.5) is 17.6 Å². The Morgan fingerprint density at radius 3 is 2.12 bits per heavy atom. The quantitative estimate of drug-likeness (QED) is 0.462. The van der Waals surface area contributed by atoms with Crippen molar-refractivity contribution in [2.75, 3.05) is 0 Å². The predicted octanol–water partition coefficient (Wildman–Crippen LogP) is 2.30. The van der Waals surface area contributed by atoms with E-state index in [9.17, 15) is 26.0 Å². The topological polar surface area (TPSA) is 63.6 Å². The minimum atomic E-state index is -4.74. The lowest BCUT2D eigenvalue weighted by Crippen LogP contribution is -2.36. The Bertz CT molecular complexity index is 329. The Labute approximate surface area is 91.7 Å². The van der Waals surface area contributed by atoms with Gasteiger partial charge in [-0.25, -0.2) is 17.6 Å². The molecule has 0 aromatic carbocycles. The van der Waals surface area contributed by atoms with Gasteiger partial charge in [-0.15, -0.1) is 0 Å². The zero-order chi connectivity index (χ0) is 13.2. The Kier molecular flexibility index (Phi) is 4.92. The van der Waals surface area contributed by atoms with Gasteiger partial charge in [-0.05, 0) is 19.1 Å². The van der Waals surface area contributed by atoms with Gasteiger partial charge in [0.2, 0.25) is 8.32 Å². The van der Waals surface area contributed by atoms with Crippen LogP contribution in [0.25, 0.3) is 0 Å². The van der Waals surface area contributed by atoms with E-state index in [0.717, 1.165) is 0 Å². The summed E-state index contributed by atoms with van der Waals surface area (Å²) in [6.45, 7) is 2.45. The summed E-state index contributed by atoms with van der Waals surface area (Å²) in [6.07, 6.45) is -4.98. The number of hydrogen-bond acceptors (Lipinski definition) is 3. The summed E-state index contributed by atoms with van der Waals surface area (Å²) in [4.78, 5) is 0. The number of halogens is 4. The van der Waals surface area contributed by atoms with E-state index in [1.54, 1.807) is 0 Å². The number of alkyl halides is 4. The molecule has 0 amide bonds. The molecule has 0 aliphatic rings. The van der Waals surface area contributed by atoms with Crippen molar-refractivity contribution in [3.05, 3.63) is 0 Å². The molecule has 0 fully saturated rings. The normalized spacial score (nSPS) is 14.5. The minimum Gasteiger partial charge on any atom is -0.294 e. The second-order valence-electron chi connectivity index (χ2n) is 3.83.